The Morgan fingerprint density at radius 2 is 1.71 bits per heavy atom. The average Bonchev–Trinajstić information content (AvgIpc) is 2.85. The number of hydrogen-bond acceptors (Lipinski definition) is 2. The maximum Gasteiger partial charge on any atom is 0.218 e. The molecule has 106 valence electrons. The maximum absolute atomic E-state index is 10.5. The molecule has 0 spiro atoms. The molecule has 3 aromatic rings. The molecular formula is C18H18N2O. The van der Waals surface area contributed by atoms with Crippen molar-refractivity contribution in [2.24, 2.45) is 0 Å². The quantitative estimate of drug-likeness (QED) is 0.777. The fourth-order valence-corrected chi connectivity index (χ4v) is 2.54. The van der Waals surface area contributed by atoms with Gasteiger partial charge >= 0.3 is 0 Å². The molecule has 0 unspecified atom stereocenters. The van der Waals surface area contributed by atoms with E-state index in [-0.39, 0.29) is 5.88 Å². The number of aromatic nitrogens is 2. The van der Waals surface area contributed by atoms with Gasteiger partial charge < -0.3 is 5.11 Å². The summed E-state index contributed by atoms with van der Waals surface area (Å²) in [6, 6.07) is 18.1. The summed E-state index contributed by atoms with van der Waals surface area (Å²) in [4.78, 5) is 0. The molecule has 0 aliphatic rings. The average molecular weight is 278 g/mol. The van der Waals surface area contributed by atoms with Crippen LogP contribution in [0, 0.1) is 6.92 Å². The first-order valence-electron chi connectivity index (χ1n) is 7.13. The molecule has 0 bridgehead atoms. The highest BCUT2D eigenvalue weighted by Gasteiger charge is 2.19. The Kier molecular flexibility index (Phi) is 3.48. The molecule has 0 atom stereocenters. The maximum atomic E-state index is 10.5. The lowest BCUT2D eigenvalue weighted by Crippen LogP contribution is -1.95. The highest BCUT2D eigenvalue weighted by Crippen LogP contribution is 2.38. The van der Waals surface area contributed by atoms with E-state index in [1.54, 1.807) is 4.68 Å². The summed E-state index contributed by atoms with van der Waals surface area (Å²) in [5.41, 5.74) is 4.80. The number of nitrogens with zero attached hydrogens (tertiary/aromatic N) is 2. The van der Waals surface area contributed by atoms with Crippen molar-refractivity contribution in [1.29, 1.82) is 0 Å². The van der Waals surface area contributed by atoms with E-state index >= 15 is 0 Å². The summed E-state index contributed by atoms with van der Waals surface area (Å²) in [6.07, 6.45) is 0. The van der Waals surface area contributed by atoms with Gasteiger partial charge in [-0.05, 0) is 25.5 Å². The molecular weight excluding hydrogens is 260 g/mol. The number of hydrogen-bond donors (Lipinski definition) is 1. The molecule has 21 heavy (non-hydrogen) atoms. The van der Waals surface area contributed by atoms with Crippen molar-refractivity contribution >= 4 is 0 Å². The lowest BCUT2D eigenvalue weighted by Gasteiger charge is -2.04. The lowest BCUT2D eigenvalue weighted by molar-refractivity contribution is 0.407. The third-order valence-electron chi connectivity index (χ3n) is 3.58. The fraction of sp³-hybridized carbons (Fsp3) is 0.167. The van der Waals surface area contributed by atoms with Gasteiger partial charge in [0.2, 0.25) is 5.88 Å². The Morgan fingerprint density at radius 1 is 1.00 bits per heavy atom. The Labute approximate surface area is 124 Å². The highest BCUT2D eigenvalue weighted by molar-refractivity contribution is 5.84. The standard InChI is InChI=1S/C18H18N2O/c1-3-20-18(21)16(14-9-5-4-6-10-14)17(19-20)15-11-7-8-13(2)12-15/h4-12,21H,3H2,1-2H3. The zero-order valence-electron chi connectivity index (χ0n) is 12.2. The molecule has 0 radical (unpaired) electrons. The summed E-state index contributed by atoms with van der Waals surface area (Å²) < 4.78 is 1.64. The van der Waals surface area contributed by atoms with Crippen LogP contribution in [0.1, 0.15) is 12.5 Å². The van der Waals surface area contributed by atoms with Crippen LogP contribution in [0.2, 0.25) is 0 Å². The first-order valence-corrected chi connectivity index (χ1v) is 7.13. The van der Waals surface area contributed by atoms with E-state index in [1.807, 2.05) is 49.4 Å². The minimum absolute atomic E-state index is 0.222. The molecule has 2 aromatic carbocycles. The van der Waals surface area contributed by atoms with E-state index in [9.17, 15) is 5.11 Å². The SMILES string of the molecule is CCn1nc(-c2cccc(C)c2)c(-c2ccccc2)c1O. The smallest absolute Gasteiger partial charge is 0.218 e. The zero-order chi connectivity index (χ0) is 14.8. The Bertz CT molecular complexity index is 760. The Balaban J connectivity index is 2.25. The number of rotatable bonds is 3. The lowest BCUT2D eigenvalue weighted by atomic mass is 10.0. The molecule has 0 aliphatic heterocycles. The molecule has 1 N–H and O–H groups in total. The first-order chi connectivity index (χ1) is 10.2. The predicted molar refractivity (Wildman–Crippen MR) is 85.2 cm³/mol. The topological polar surface area (TPSA) is 38.0 Å². The van der Waals surface area contributed by atoms with Crippen molar-refractivity contribution in [3.8, 4) is 28.3 Å². The Hall–Kier alpha value is -2.55. The van der Waals surface area contributed by atoms with Crippen LogP contribution in [0.4, 0.5) is 0 Å². The van der Waals surface area contributed by atoms with Crippen molar-refractivity contribution < 1.29 is 5.11 Å². The van der Waals surface area contributed by atoms with E-state index in [1.165, 1.54) is 5.56 Å². The van der Waals surface area contributed by atoms with E-state index in [2.05, 4.69) is 24.2 Å². The molecule has 3 heteroatoms. The zero-order valence-corrected chi connectivity index (χ0v) is 12.2. The Morgan fingerprint density at radius 3 is 2.38 bits per heavy atom. The number of aromatic hydroxyl groups is 1. The molecule has 3 nitrogen and oxygen atoms in total. The van der Waals surface area contributed by atoms with Crippen LogP contribution < -0.4 is 0 Å². The summed E-state index contributed by atoms with van der Waals surface area (Å²) in [7, 11) is 0. The number of benzene rings is 2. The van der Waals surface area contributed by atoms with Crippen LogP contribution in [0.15, 0.2) is 54.6 Å². The normalized spacial score (nSPS) is 10.8. The molecule has 0 saturated carbocycles. The molecule has 0 aliphatic carbocycles. The van der Waals surface area contributed by atoms with Crippen LogP contribution in [-0.2, 0) is 6.54 Å². The van der Waals surface area contributed by atoms with Gasteiger partial charge in [-0.3, -0.25) is 0 Å². The van der Waals surface area contributed by atoms with Crippen LogP contribution in [0.3, 0.4) is 0 Å². The van der Waals surface area contributed by atoms with Crippen LogP contribution in [-0.4, -0.2) is 14.9 Å². The molecule has 1 heterocycles. The fourth-order valence-electron chi connectivity index (χ4n) is 2.54. The monoisotopic (exact) mass is 278 g/mol. The van der Waals surface area contributed by atoms with Gasteiger partial charge in [-0.15, -0.1) is 0 Å². The van der Waals surface area contributed by atoms with Gasteiger partial charge in [0.05, 0.1) is 5.56 Å². The number of aryl methyl sites for hydroxylation is 2. The van der Waals surface area contributed by atoms with Gasteiger partial charge in [-0.25, -0.2) is 4.68 Å². The van der Waals surface area contributed by atoms with Gasteiger partial charge in [0.15, 0.2) is 0 Å². The van der Waals surface area contributed by atoms with E-state index in [0.29, 0.717) is 6.54 Å². The second-order valence-electron chi connectivity index (χ2n) is 5.10. The minimum atomic E-state index is 0.222. The van der Waals surface area contributed by atoms with Crippen LogP contribution in [0.25, 0.3) is 22.4 Å². The van der Waals surface area contributed by atoms with Gasteiger partial charge in [0.25, 0.3) is 0 Å². The third kappa shape index (κ3) is 2.42. The molecule has 1 aromatic heterocycles. The highest BCUT2D eigenvalue weighted by atomic mass is 16.3. The van der Waals surface area contributed by atoms with E-state index < -0.39 is 0 Å². The van der Waals surface area contributed by atoms with Gasteiger partial charge in [-0.1, -0.05) is 54.1 Å². The third-order valence-corrected chi connectivity index (χ3v) is 3.58. The second kappa shape index (κ2) is 5.44. The van der Waals surface area contributed by atoms with Crippen molar-refractivity contribution in [1.82, 2.24) is 9.78 Å². The molecule has 3 rings (SSSR count). The predicted octanol–water partition coefficient (Wildman–Crippen LogP) is 4.25. The summed E-state index contributed by atoms with van der Waals surface area (Å²) in [5.74, 6) is 0.222. The van der Waals surface area contributed by atoms with Crippen molar-refractivity contribution in [2.45, 2.75) is 20.4 Å². The van der Waals surface area contributed by atoms with Crippen molar-refractivity contribution in [3.63, 3.8) is 0 Å². The summed E-state index contributed by atoms with van der Waals surface area (Å²) in [6.45, 7) is 4.67. The van der Waals surface area contributed by atoms with Gasteiger partial charge in [-0.2, -0.15) is 5.10 Å². The summed E-state index contributed by atoms with van der Waals surface area (Å²) >= 11 is 0. The second-order valence-corrected chi connectivity index (χ2v) is 5.10. The minimum Gasteiger partial charge on any atom is -0.493 e. The first kappa shape index (κ1) is 13.4. The van der Waals surface area contributed by atoms with Crippen LogP contribution in [0.5, 0.6) is 5.88 Å². The molecule has 0 saturated heterocycles. The van der Waals surface area contributed by atoms with E-state index in [4.69, 9.17) is 0 Å². The van der Waals surface area contributed by atoms with Crippen molar-refractivity contribution in [3.05, 3.63) is 60.2 Å². The van der Waals surface area contributed by atoms with Gasteiger partial charge in [0.1, 0.15) is 5.69 Å². The molecule has 0 fully saturated rings. The molecule has 0 amide bonds. The van der Waals surface area contributed by atoms with Crippen molar-refractivity contribution in [2.75, 3.05) is 0 Å². The van der Waals surface area contributed by atoms with Gasteiger partial charge in [0, 0.05) is 12.1 Å². The van der Waals surface area contributed by atoms with Crippen LogP contribution >= 0.6 is 0 Å². The largest absolute Gasteiger partial charge is 0.493 e. The summed E-state index contributed by atoms with van der Waals surface area (Å²) in [5, 5.41) is 15.1. The van der Waals surface area contributed by atoms with E-state index in [0.717, 1.165) is 22.4 Å².